The first kappa shape index (κ1) is 9.68. The molecular weight excluding hydrogens is 144 g/mol. The predicted octanol–water partition coefficient (Wildman–Crippen LogP) is -0.446. The molecule has 0 fully saturated rings. The van der Waals surface area contributed by atoms with E-state index in [4.69, 9.17) is 0 Å². The van der Waals surface area contributed by atoms with Crippen LogP contribution in [0.1, 0.15) is 13.3 Å². The highest BCUT2D eigenvalue weighted by molar-refractivity contribution is 6.40. The molecule has 0 atom stereocenters. The number of carbonyl (C=O) groups excluding carboxylic acids is 2. The van der Waals surface area contributed by atoms with E-state index in [0.717, 1.165) is 19.0 Å². The molecule has 4 nitrogen and oxygen atoms in total. The van der Waals surface area contributed by atoms with E-state index >= 15 is 0 Å². The number of hydrogen-bond acceptors (Lipinski definition) is 3. The highest BCUT2D eigenvalue weighted by atomic mass is 16.2. The van der Waals surface area contributed by atoms with Crippen molar-refractivity contribution < 1.29 is 9.59 Å². The van der Waals surface area contributed by atoms with Crippen LogP contribution in [-0.4, -0.2) is 18.2 Å². The average Bonchev–Trinajstić information content (AvgIpc) is 1.97. The molecule has 0 heterocycles. The van der Waals surface area contributed by atoms with Crippen molar-refractivity contribution in [3.63, 3.8) is 0 Å². The fourth-order valence-corrected chi connectivity index (χ4v) is 0.444. The second-order valence-corrected chi connectivity index (χ2v) is 2.02. The summed E-state index contributed by atoms with van der Waals surface area (Å²) in [7, 11) is 0. The zero-order valence-electron chi connectivity index (χ0n) is 6.46. The van der Waals surface area contributed by atoms with E-state index in [0.29, 0.717) is 0 Å². The summed E-state index contributed by atoms with van der Waals surface area (Å²) in [5.41, 5.74) is 4.68. The molecule has 0 aliphatic rings. The lowest BCUT2D eigenvalue weighted by atomic mass is 10.4. The van der Waals surface area contributed by atoms with Gasteiger partial charge in [0.05, 0.1) is 0 Å². The van der Waals surface area contributed by atoms with Gasteiger partial charge in [0, 0.05) is 18.8 Å². The van der Waals surface area contributed by atoms with Crippen LogP contribution in [0.5, 0.6) is 0 Å². The Morgan fingerprint density at radius 2 is 2.18 bits per heavy atom. The standard InChI is InChI=1S/C7H12N2O2/c1-2-4-9-5-3-6(10)7(8)11/h3,5,9H,2,4H2,1H3,(H2,8,11)/b5-3-. The molecule has 0 rings (SSSR count). The van der Waals surface area contributed by atoms with Crippen LogP contribution in [-0.2, 0) is 9.59 Å². The van der Waals surface area contributed by atoms with Crippen LogP contribution in [0.4, 0.5) is 0 Å². The van der Waals surface area contributed by atoms with E-state index in [9.17, 15) is 9.59 Å². The van der Waals surface area contributed by atoms with Gasteiger partial charge in [-0.15, -0.1) is 0 Å². The monoisotopic (exact) mass is 156 g/mol. The fourth-order valence-electron chi connectivity index (χ4n) is 0.444. The van der Waals surface area contributed by atoms with Gasteiger partial charge in [0.2, 0.25) is 5.78 Å². The molecule has 0 aromatic rings. The number of hydrogen-bond donors (Lipinski definition) is 2. The van der Waals surface area contributed by atoms with Crippen LogP contribution in [0.25, 0.3) is 0 Å². The van der Waals surface area contributed by atoms with Crippen LogP contribution in [0, 0.1) is 0 Å². The van der Waals surface area contributed by atoms with Gasteiger partial charge in [-0.3, -0.25) is 9.59 Å². The Balaban J connectivity index is 3.57. The number of rotatable bonds is 5. The average molecular weight is 156 g/mol. The minimum atomic E-state index is -0.931. The van der Waals surface area contributed by atoms with Crippen LogP contribution < -0.4 is 11.1 Å². The van der Waals surface area contributed by atoms with Gasteiger partial charge in [-0.05, 0) is 6.42 Å². The zero-order chi connectivity index (χ0) is 8.69. The number of nitrogens with two attached hydrogens (primary N) is 1. The number of ketones is 1. The molecule has 0 radical (unpaired) electrons. The van der Waals surface area contributed by atoms with Gasteiger partial charge in [0.15, 0.2) is 0 Å². The van der Waals surface area contributed by atoms with Crippen molar-refractivity contribution in [2.45, 2.75) is 13.3 Å². The maximum atomic E-state index is 10.5. The molecule has 62 valence electrons. The molecule has 0 aliphatic carbocycles. The molecule has 0 aromatic carbocycles. The van der Waals surface area contributed by atoms with E-state index < -0.39 is 11.7 Å². The molecule has 0 saturated heterocycles. The zero-order valence-corrected chi connectivity index (χ0v) is 6.46. The van der Waals surface area contributed by atoms with Crippen LogP contribution >= 0.6 is 0 Å². The van der Waals surface area contributed by atoms with Gasteiger partial charge in [-0.25, -0.2) is 0 Å². The predicted molar refractivity (Wildman–Crippen MR) is 41.6 cm³/mol. The minimum Gasteiger partial charge on any atom is -0.391 e. The van der Waals surface area contributed by atoms with Crippen LogP contribution in [0.3, 0.4) is 0 Å². The lowest BCUT2D eigenvalue weighted by Gasteiger charge is -1.92. The van der Waals surface area contributed by atoms with Crippen molar-refractivity contribution in [1.29, 1.82) is 0 Å². The van der Waals surface area contributed by atoms with Crippen LogP contribution in [0.2, 0.25) is 0 Å². The van der Waals surface area contributed by atoms with Crippen molar-refractivity contribution in [2.75, 3.05) is 6.54 Å². The van der Waals surface area contributed by atoms with E-state index in [2.05, 4.69) is 11.1 Å². The van der Waals surface area contributed by atoms with E-state index in [1.807, 2.05) is 6.92 Å². The topological polar surface area (TPSA) is 72.2 Å². The molecule has 0 bridgehead atoms. The number of carbonyl (C=O) groups is 2. The largest absolute Gasteiger partial charge is 0.391 e. The second kappa shape index (κ2) is 5.46. The summed E-state index contributed by atoms with van der Waals surface area (Å²) in [6.07, 6.45) is 3.52. The van der Waals surface area contributed by atoms with Gasteiger partial charge in [-0.2, -0.15) is 0 Å². The first-order valence-electron chi connectivity index (χ1n) is 3.42. The molecule has 4 heteroatoms. The van der Waals surface area contributed by atoms with Crippen molar-refractivity contribution in [1.82, 2.24) is 5.32 Å². The second-order valence-electron chi connectivity index (χ2n) is 2.02. The highest BCUT2D eigenvalue weighted by Crippen LogP contribution is 1.74. The van der Waals surface area contributed by atoms with Gasteiger partial charge >= 0.3 is 0 Å². The molecule has 0 aromatic heterocycles. The number of amides is 1. The third kappa shape index (κ3) is 5.14. The van der Waals surface area contributed by atoms with Gasteiger partial charge < -0.3 is 11.1 Å². The van der Waals surface area contributed by atoms with Gasteiger partial charge in [-0.1, -0.05) is 6.92 Å². The Morgan fingerprint density at radius 1 is 1.55 bits per heavy atom. The molecule has 0 unspecified atom stereocenters. The Labute approximate surface area is 65.5 Å². The van der Waals surface area contributed by atoms with Crippen LogP contribution in [0.15, 0.2) is 12.3 Å². The maximum Gasteiger partial charge on any atom is 0.289 e. The van der Waals surface area contributed by atoms with Gasteiger partial charge in [0.1, 0.15) is 0 Å². The first-order valence-corrected chi connectivity index (χ1v) is 3.42. The third-order valence-electron chi connectivity index (χ3n) is 0.990. The van der Waals surface area contributed by atoms with Gasteiger partial charge in [0.25, 0.3) is 5.91 Å². The molecule has 1 amide bonds. The summed E-state index contributed by atoms with van der Waals surface area (Å²) < 4.78 is 0. The van der Waals surface area contributed by atoms with Crippen molar-refractivity contribution in [2.24, 2.45) is 5.73 Å². The van der Waals surface area contributed by atoms with E-state index in [1.165, 1.54) is 6.20 Å². The van der Waals surface area contributed by atoms with Crippen molar-refractivity contribution in [3.05, 3.63) is 12.3 Å². The molecule has 3 N–H and O–H groups in total. The summed E-state index contributed by atoms with van der Waals surface area (Å²) >= 11 is 0. The lowest BCUT2D eigenvalue weighted by Crippen LogP contribution is -2.21. The Kier molecular flexibility index (Phi) is 4.81. The summed E-state index contributed by atoms with van der Waals surface area (Å²) in [4.78, 5) is 20.7. The summed E-state index contributed by atoms with van der Waals surface area (Å²) in [5.74, 6) is -1.62. The summed E-state index contributed by atoms with van der Waals surface area (Å²) in [6.45, 7) is 2.78. The maximum absolute atomic E-state index is 10.5. The summed E-state index contributed by atoms with van der Waals surface area (Å²) in [6, 6.07) is 0. The van der Waals surface area contributed by atoms with Crippen molar-refractivity contribution in [3.8, 4) is 0 Å². The van der Waals surface area contributed by atoms with E-state index in [-0.39, 0.29) is 0 Å². The number of primary amides is 1. The Morgan fingerprint density at radius 3 is 2.64 bits per heavy atom. The summed E-state index contributed by atoms with van der Waals surface area (Å²) in [5, 5.41) is 2.81. The molecule has 0 saturated carbocycles. The van der Waals surface area contributed by atoms with Crippen molar-refractivity contribution >= 4 is 11.7 Å². The molecular formula is C7H12N2O2. The SMILES string of the molecule is CCCN/C=C\C(=O)C(N)=O. The quantitative estimate of drug-likeness (QED) is 0.322. The minimum absolute atomic E-state index is 0.686. The van der Waals surface area contributed by atoms with E-state index in [1.54, 1.807) is 0 Å². The smallest absolute Gasteiger partial charge is 0.289 e. The number of nitrogens with one attached hydrogen (secondary N) is 1. The fraction of sp³-hybridized carbons (Fsp3) is 0.429. The first-order chi connectivity index (χ1) is 5.18. The normalized spacial score (nSPS) is 9.91. The molecule has 0 aliphatic heterocycles. The third-order valence-corrected chi connectivity index (χ3v) is 0.990. The molecule has 11 heavy (non-hydrogen) atoms. The molecule has 0 spiro atoms. The lowest BCUT2D eigenvalue weighted by molar-refractivity contribution is -0.133. The highest BCUT2D eigenvalue weighted by Gasteiger charge is 2.01. The Bertz CT molecular complexity index is 175. The Hall–Kier alpha value is -1.32.